The Morgan fingerprint density at radius 3 is 3.06 bits per heavy atom. The predicted molar refractivity (Wildman–Crippen MR) is 69.7 cm³/mol. The zero-order valence-corrected chi connectivity index (χ0v) is 10.7. The second kappa shape index (κ2) is 5.79. The highest BCUT2D eigenvalue weighted by Crippen LogP contribution is 2.07. The van der Waals surface area contributed by atoms with Gasteiger partial charge in [-0.25, -0.2) is 9.78 Å². The van der Waals surface area contributed by atoms with E-state index in [-0.39, 0.29) is 5.76 Å². The number of rotatable bonds is 6. The van der Waals surface area contributed by atoms with E-state index in [1.165, 1.54) is 0 Å². The molecule has 2 aromatic heterocycles. The van der Waals surface area contributed by atoms with Crippen LogP contribution in [0.4, 0.5) is 0 Å². The molecule has 0 aliphatic carbocycles. The monoisotopic (exact) mass is 250 g/mol. The first kappa shape index (κ1) is 12.8. The maximum Gasteiger partial charge on any atom is 0.421 e. The number of nitrogens with zero attached hydrogens (tertiary/aromatic N) is 3. The van der Waals surface area contributed by atoms with Gasteiger partial charge in [0.2, 0.25) is 0 Å². The van der Waals surface area contributed by atoms with Crippen LogP contribution in [0.1, 0.15) is 0 Å². The molecule has 2 heterocycles. The molecule has 1 N–H and O–H groups in total. The number of oxazole rings is 1. The van der Waals surface area contributed by atoms with Crippen molar-refractivity contribution in [2.75, 3.05) is 33.7 Å². The van der Waals surface area contributed by atoms with Crippen molar-refractivity contribution in [2.24, 2.45) is 0 Å². The third-order valence-corrected chi connectivity index (χ3v) is 2.67. The van der Waals surface area contributed by atoms with Crippen molar-refractivity contribution in [3.05, 3.63) is 28.9 Å². The van der Waals surface area contributed by atoms with Gasteiger partial charge < -0.3 is 14.6 Å². The van der Waals surface area contributed by atoms with Gasteiger partial charge in [0.1, 0.15) is 0 Å². The van der Waals surface area contributed by atoms with Crippen LogP contribution in [0.3, 0.4) is 0 Å². The number of aromatic nitrogens is 2. The van der Waals surface area contributed by atoms with E-state index in [9.17, 15) is 4.79 Å². The minimum Gasteiger partial charge on any atom is -0.406 e. The summed E-state index contributed by atoms with van der Waals surface area (Å²) in [4.78, 5) is 17.9. The van der Waals surface area contributed by atoms with E-state index in [4.69, 9.17) is 4.42 Å². The minimum atomic E-state index is -0.349. The smallest absolute Gasteiger partial charge is 0.406 e. The first-order valence-electron chi connectivity index (χ1n) is 5.98. The Morgan fingerprint density at radius 1 is 1.44 bits per heavy atom. The number of hydrogen-bond donors (Lipinski definition) is 1. The average Bonchev–Trinajstić information content (AvgIpc) is 2.65. The lowest BCUT2D eigenvalue weighted by Crippen LogP contribution is -2.30. The molecule has 6 nitrogen and oxygen atoms in total. The molecule has 0 aliphatic rings. The first-order chi connectivity index (χ1) is 8.68. The molecule has 0 amide bonds. The zero-order chi connectivity index (χ0) is 13.0. The van der Waals surface area contributed by atoms with Crippen molar-refractivity contribution in [3.8, 4) is 0 Å². The van der Waals surface area contributed by atoms with Crippen molar-refractivity contribution in [3.63, 3.8) is 0 Å². The Bertz CT molecular complexity index is 558. The van der Waals surface area contributed by atoms with Gasteiger partial charge in [0.15, 0.2) is 11.2 Å². The molecule has 18 heavy (non-hydrogen) atoms. The van der Waals surface area contributed by atoms with Crippen LogP contribution in [-0.4, -0.2) is 48.2 Å². The lowest BCUT2D eigenvalue weighted by atomic mass is 10.4. The maximum absolute atomic E-state index is 11.6. The Balaban J connectivity index is 1.95. The summed E-state index contributed by atoms with van der Waals surface area (Å²) in [7, 11) is 4.05. The van der Waals surface area contributed by atoms with Gasteiger partial charge in [-0.15, -0.1) is 0 Å². The largest absolute Gasteiger partial charge is 0.421 e. The van der Waals surface area contributed by atoms with Crippen LogP contribution in [0.2, 0.25) is 0 Å². The Morgan fingerprint density at radius 2 is 2.28 bits per heavy atom. The summed E-state index contributed by atoms with van der Waals surface area (Å²) >= 11 is 0. The fourth-order valence-electron chi connectivity index (χ4n) is 1.72. The number of hydrogen-bond acceptors (Lipinski definition) is 5. The van der Waals surface area contributed by atoms with E-state index in [1.807, 2.05) is 14.1 Å². The van der Waals surface area contributed by atoms with E-state index >= 15 is 0 Å². The van der Waals surface area contributed by atoms with Gasteiger partial charge >= 0.3 is 5.76 Å². The number of nitrogens with one attached hydrogen (secondary N) is 1. The normalized spacial score (nSPS) is 11.5. The molecule has 0 saturated carbocycles. The molecule has 0 fully saturated rings. The summed E-state index contributed by atoms with van der Waals surface area (Å²) in [5.74, 6) is -0.349. The molecule has 0 bridgehead atoms. The average molecular weight is 250 g/mol. The van der Waals surface area contributed by atoms with E-state index in [0.717, 1.165) is 19.6 Å². The van der Waals surface area contributed by atoms with Gasteiger partial charge in [0.05, 0.1) is 0 Å². The molecular formula is C12H18N4O2. The van der Waals surface area contributed by atoms with Crippen LogP contribution in [0.5, 0.6) is 0 Å². The van der Waals surface area contributed by atoms with E-state index in [1.54, 1.807) is 22.9 Å². The van der Waals surface area contributed by atoms with Crippen LogP contribution in [0.15, 0.2) is 27.5 Å². The molecule has 0 aliphatic heterocycles. The van der Waals surface area contributed by atoms with Gasteiger partial charge in [-0.05, 0) is 26.2 Å². The second-order valence-electron chi connectivity index (χ2n) is 4.40. The fraction of sp³-hybridized carbons (Fsp3) is 0.500. The summed E-state index contributed by atoms with van der Waals surface area (Å²) in [6.45, 7) is 3.15. The maximum atomic E-state index is 11.6. The minimum absolute atomic E-state index is 0.349. The molecule has 0 saturated heterocycles. The zero-order valence-electron chi connectivity index (χ0n) is 10.7. The SMILES string of the molecule is CN(C)CCNCCn1c(=O)oc2cccnc21. The quantitative estimate of drug-likeness (QED) is 0.739. The number of likely N-dealkylation sites (N-methyl/N-ethyl adjacent to an activating group) is 1. The Hall–Kier alpha value is -1.66. The third kappa shape index (κ3) is 2.96. The van der Waals surface area contributed by atoms with Crippen LogP contribution in [-0.2, 0) is 6.54 Å². The lowest BCUT2D eigenvalue weighted by molar-refractivity contribution is 0.396. The van der Waals surface area contributed by atoms with Crippen LogP contribution < -0.4 is 11.1 Å². The van der Waals surface area contributed by atoms with Gasteiger partial charge in [-0.1, -0.05) is 0 Å². The van der Waals surface area contributed by atoms with E-state index < -0.39 is 0 Å². The van der Waals surface area contributed by atoms with E-state index in [0.29, 0.717) is 17.8 Å². The van der Waals surface area contributed by atoms with Gasteiger partial charge in [-0.3, -0.25) is 4.57 Å². The van der Waals surface area contributed by atoms with Crippen LogP contribution in [0.25, 0.3) is 11.2 Å². The van der Waals surface area contributed by atoms with Crippen LogP contribution in [0, 0.1) is 0 Å². The van der Waals surface area contributed by atoms with E-state index in [2.05, 4.69) is 15.2 Å². The molecule has 0 radical (unpaired) electrons. The first-order valence-corrected chi connectivity index (χ1v) is 5.98. The summed E-state index contributed by atoms with van der Waals surface area (Å²) in [5.41, 5.74) is 1.15. The van der Waals surface area contributed by atoms with Crippen molar-refractivity contribution in [2.45, 2.75) is 6.54 Å². The number of pyridine rings is 1. The molecule has 0 unspecified atom stereocenters. The molecule has 0 spiro atoms. The topological polar surface area (TPSA) is 63.3 Å². The summed E-state index contributed by atoms with van der Waals surface area (Å²) < 4.78 is 6.66. The highest BCUT2D eigenvalue weighted by atomic mass is 16.4. The van der Waals surface area contributed by atoms with Crippen LogP contribution >= 0.6 is 0 Å². The molecule has 98 valence electrons. The molecule has 2 rings (SSSR count). The lowest BCUT2D eigenvalue weighted by Gasteiger charge is -2.10. The van der Waals surface area contributed by atoms with Gasteiger partial charge in [0.25, 0.3) is 0 Å². The van der Waals surface area contributed by atoms with Crippen molar-refractivity contribution in [1.82, 2.24) is 19.8 Å². The highest BCUT2D eigenvalue weighted by Gasteiger charge is 2.08. The Labute approximate surface area is 105 Å². The predicted octanol–water partition coefficient (Wildman–Crippen LogP) is 0.141. The van der Waals surface area contributed by atoms with Crippen molar-refractivity contribution < 1.29 is 4.42 Å². The Kier molecular flexibility index (Phi) is 4.11. The molecule has 6 heteroatoms. The molecule has 0 aromatic carbocycles. The molecule has 0 atom stereocenters. The standard InChI is InChI=1S/C12H18N4O2/c1-15(2)8-6-13-7-9-16-11-10(18-12(16)17)4-3-5-14-11/h3-5,13H,6-9H2,1-2H3. The van der Waals surface area contributed by atoms with Gasteiger partial charge in [-0.2, -0.15) is 0 Å². The summed E-state index contributed by atoms with van der Waals surface area (Å²) in [6, 6.07) is 3.50. The van der Waals surface area contributed by atoms with Crippen molar-refractivity contribution in [1.29, 1.82) is 0 Å². The third-order valence-electron chi connectivity index (χ3n) is 2.67. The molecular weight excluding hydrogens is 232 g/mol. The van der Waals surface area contributed by atoms with Gasteiger partial charge in [0, 0.05) is 32.4 Å². The highest BCUT2D eigenvalue weighted by molar-refractivity contribution is 5.67. The fourth-order valence-corrected chi connectivity index (χ4v) is 1.72. The molecule has 2 aromatic rings. The summed E-state index contributed by atoms with van der Waals surface area (Å²) in [5, 5.41) is 3.28. The number of fused-ring (bicyclic) bond motifs is 1. The second-order valence-corrected chi connectivity index (χ2v) is 4.40. The summed E-state index contributed by atoms with van der Waals surface area (Å²) in [6.07, 6.45) is 1.66. The van der Waals surface area contributed by atoms with Crippen molar-refractivity contribution >= 4 is 11.2 Å².